The maximum absolute atomic E-state index is 12.9. The van der Waals surface area contributed by atoms with Crippen molar-refractivity contribution < 1.29 is 18.4 Å². The summed E-state index contributed by atoms with van der Waals surface area (Å²) in [6.07, 6.45) is 3.56. The average molecular weight is 392 g/mol. The third-order valence-electron chi connectivity index (χ3n) is 3.93. The highest BCUT2D eigenvalue weighted by molar-refractivity contribution is 7.91. The predicted octanol–water partition coefficient (Wildman–Crippen LogP) is 4.54. The van der Waals surface area contributed by atoms with Gasteiger partial charge in [0.2, 0.25) is 5.75 Å². The lowest BCUT2D eigenvalue weighted by molar-refractivity contribution is 0.323. The van der Waals surface area contributed by atoms with E-state index in [-0.39, 0.29) is 4.36 Å². The van der Waals surface area contributed by atoms with Gasteiger partial charge in [-0.15, -0.1) is 0 Å². The average Bonchev–Trinajstić information content (AvgIpc) is 3.15. The largest absolute Gasteiger partial charge is 0.493 e. The summed E-state index contributed by atoms with van der Waals surface area (Å²) in [6, 6.07) is 11.0. The van der Waals surface area contributed by atoms with E-state index >= 15 is 0 Å². The summed E-state index contributed by atoms with van der Waals surface area (Å²) < 4.78 is 29.0. The number of ether oxygens (including phenoxy) is 3. The van der Waals surface area contributed by atoms with Gasteiger partial charge in [0.25, 0.3) is 0 Å². The van der Waals surface area contributed by atoms with Gasteiger partial charge in [-0.2, -0.15) is 0 Å². The SMILES string of the molecule is COc1cc(S(=O)/C(Cl)=C\c2cccc3[nH]ccc23)cc(OC)c1OC. The maximum Gasteiger partial charge on any atom is 0.203 e. The number of hydrogen-bond donors (Lipinski definition) is 1. The molecular weight excluding hydrogens is 374 g/mol. The molecule has 7 heteroatoms. The molecule has 26 heavy (non-hydrogen) atoms. The highest BCUT2D eigenvalue weighted by atomic mass is 35.5. The number of halogens is 1. The van der Waals surface area contributed by atoms with Crippen molar-refractivity contribution >= 4 is 39.4 Å². The number of H-pyrrole nitrogens is 1. The molecule has 1 aromatic heterocycles. The number of nitrogens with one attached hydrogen (secondary N) is 1. The van der Waals surface area contributed by atoms with Crippen molar-refractivity contribution in [3.05, 3.63) is 52.5 Å². The first-order valence-corrected chi connectivity index (χ1v) is 9.27. The number of aromatic amines is 1. The molecule has 0 radical (unpaired) electrons. The van der Waals surface area contributed by atoms with E-state index in [1.807, 2.05) is 30.5 Å². The third kappa shape index (κ3) is 3.43. The van der Waals surface area contributed by atoms with Gasteiger partial charge in [-0.3, -0.25) is 0 Å². The topological polar surface area (TPSA) is 60.6 Å². The quantitative estimate of drug-likeness (QED) is 0.670. The lowest BCUT2D eigenvalue weighted by Gasteiger charge is -2.13. The van der Waals surface area contributed by atoms with Crippen LogP contribution in [0.3, 0.4) is 0 Å². The lowest BCUT2D eigenvalue weighted by Crippen LogP contribution is -1.99. The van der Waals surface area contributed by atoms with Gasteiger partial charge in [-0.05, 0) is 23.8 Å². The van der Waals surface area contributed by atoms with Crippen molar-refractivity contribution in [2.24, 2.45) is 0 Å². The van der Waals surface area contributed by atoms with Crippen LogP contribution in [0.2, 0.25) is 0 Å². The van der Waals surface area contributed by atoms with Crippen molar-refractivity contribution in [3.63, 3.8) is 0 Å². The Morgan fingerprint density at radius 2 is 1.77 bits per heavy atom. The fourth-order valence-corrected chi connectivity index (χ4v) is 3.96. The molecule has 0 aliphatic rings. The molecule has 0 amide bonds. The minimum Gasteiger partial charge on any atom is -0.493 e. The van der Waals surface area contributed by atoms with Gasteiger partial charge in [0, 0.05) is 29.2 Å². The van der Waals surface area contributed by atoms with Crippen LogP contribution in [0.1, 0.15) is 5.56 Å². The third-order valence-corrected chi connectivity index (χ3v) is 5.59. The summed E-state index contributed by atoms with van der Waals surface area (Å²) in [5, 5.41) is 1.01. The minimum atomic E-state index is -1.59. The van der Waals surface area contributed by atoms with Crippen LogP contribution in [0.4, 0.5) is 0 Å². The molecule has 3 aromatic rings. The van der Waals surface area contributed by atoms with Crippen LogP contribution in [-0.4, -0.2) is 30.5 Å². The summed E-state index contributed by atoms with van der Waals surface area (Å²) in [4.78, 5) is 3.60. The molecule has 0 saturated carbocycles. The Balaban J connectivity index is 2.02. The predicted molar refractivity (Wildman–Crippen MR) is 105 cm³/mol. The van der Waals surface area contributed by atoms with E-state index < -0.39 is 10.8 Å². The van der Waals surface area contributed by atoms with E-state index in [0.717, 1.165) is 16.5 Å². The molecule has 1 heterocycles. The molecule has 0 saturated heterocycles. The van der Waals surface area contributed by atoms with E-state index in [1.54, 1.807) is 18.2 Å². The Morgan fingerprint density at radius 1 is 1.08 bits per heavy atom. The molecule has 0 spiro atoms. The molecule has 0 aliphatic heterocycles. The van der Waals surface area contributed by atoms with Crippen LogP contribution in [0.5, 0.6) is 17.2 Å². The van der Waals surface area contributed by atoms with Gasteiger partial charge in [-0.1, -0.05) is 23.7 Å². The molecule has 2 aromatic carbocycles. The molecule has 3 rings (SSSR count). The molecule has 5 nitrogen and oxygen atoms in total. The lowest BCUT2D eigenvalue weighted by atomic mass is 10.1. The molecule has 1 unspecified atom stereocenters. The van der Waals surface area contributed by atoms with Gasteiger partial charge < -0.3 is 19.2 Å². The highest BCUT2D eigenvalue weighted by Gasteiger charge is 2.18. The smallest absolute Gasteiger partial charge is 0.203 e. The molecule has 1 atom stereocenters. The second-order valence-corrected chi connectivity index (χ2v) is 7.44. The molecular formula is C19H18ClNO4S. The summed E-state index contributed by atoms with van der Waals surface area (Å²) in [7, 11) is 2.94. The second-order valence-electron chi connectivity index (χ2n) is 5.36. The number of fused-ring (bicyclic) bond motifs is 1. The molecule has 0 fully saturated rings. The fraction of sp³-hybridized carbons (Fsp3) is 0.158. The Morgan fingerprint density at radius 3 is 2.38 bits per heavy atom. The second kappa shape index (κ2) is 7.85. The van der Waals surface area contributed by atoms with Crippen LogP contribution >= 0.6 is 11.6 Å². The van der Waals surface area contributed by atoms with Gasteiger partial charge in [-0.25, -0.2) is 4.21 Å². The zero-order valence-electron chi connectivity index (χ0n) is 14.5. The van der Waals surface area contributed by atoms with E-state index in [9.17, 15) is 4.21 Å². The Kier molecular flexibility index (Phi) is 5.54. The van der Waals surface area contributed by atoms with Crippen LogP contribution in [-0.2, 0) is 10.8 Å². The van der Waals surface area contributed by atoms with E-state index in [4.69, 9.17) is 25.8 Å². The monoisotopic (exact) mass is 391 g/mol. The van der Waals surface area contributed by atoms with Gasteiger partial charge in [0.1, 0.15) is 4.36 Å². The van der Waals surface area contributed by atoms with Crippen molar-refractivity contribution in [1.82, 2.24) is 4.98 Å². The first kappa shape index (κ1) is 18.4. The maximum atomic E-state index is 12.9. The zero-order valence-corrected chi connectivity index (χ0v) is 16.1. The van der Waals surface area contributed by atoms with Gasteiger partial charge in [0.15, 0.2) is 11.5 Å². The molecule has 136 valence electrons. The number of rotatable bonds is 6. The number of hydrogen-bond acceptors (Lipinski definition) is 4. The van der Waals surface area contributed by atoms with Gasteiger partial charge >= 0.3 is 0 Å². The Bertz CT molecular complexity index is 971. The van der Waals surface area contributed by atoms with E-state index in [0.29, 0.717) is 22.1 Å². The van der Waals surface area contributed by atoms with Crippen LogP contribution in [0.15, 0.2) is 51.9 Å². The summed E-state index contributed by atoms with van der Waals surface area (Å²) in [5.41, 5.74) is 1.87. The summed E-state index contributed by atoms with van der Waals surface area (Å²) in [6.45, 7) is 0. The molecule has 1 N–H and O–H groups in total. The van der Waals surface area contributed by atoms with Crippen molar-refractivity contribution in [3.8, 4) is 17.2 Å². The Labute approximate surface area is 159 Å². The number of methoxy groups -OCH3 is 3. The number of benzene rings is 2. The van der Waals surface area contributed by atoms with Crippen LogP contribution in [0, 0.1) is 0 Å². The van der Waals surface area contributed by atoms with Crippen molar-refractivity contribution in [1.29, 1.82) is 0 Å². The molecule has 0 bridgehead atoms. The highest BCUT2D eigenvalue weighted by Crippen LogP contribution is 2.40. The van der Waals surface area contributed by atoms with Crippen LogP contribution < -0.4 is 14.2 Å². The van der Waals surface area contributed by atoms with Crippen molar-refractivity contribution in [2.45, 2.75) is 4.90 Å². The normalized spacial score (nSPS) is 12.8. The number of aromatic nitrogens is 1. The standard InChI is InChI=1S/C19H18ClNO4S/c1-23-16-10-13(11-17(24-2)19(16)25-3)26(22)18(20)9-12-5-4-6-15-14(12)7-8-21-15/h4-11,21H,1-3H3/b18-9-. The summed E-state index contributed by atoms with van der Waals surface area (Å²) >= 11 is 6.37. The van der Waals surface area contributed by atoms with E-state index in [1.165, 1.54) is 21.3 Å². The van der Waals surface area contributed by atoms with Crippen LogP contribution in [0.25, 0.3) is 17.0 Å². The van der Waals surface area contributed by atoms with E-state index in [2.05, 4.69) is 4.98 Å². The fourth-order valence-electron chi connectivity index (χ4n) is 2.69. The van der Waals surface area contributed by atoms with Crippen molar-refractivity contribution in [2.75, 3.05) is 21.3 Å². The first-order chi connectivity index (χ1) is 12.6. The van der Waals surface area contributed by atoms with Gasteiger partial charge in [0.05, 0.1) is 37.0 Å². The zero-order chi connectivity index (χ0) is 18.7. The Hall–Kier alpha value is -2.44. The molecule has 0 aliphatic carbocycles. The first-order valence-electron chi connectivity index (χ1n) is 7.74. The summed E-state index contributed by atoms with van der Waals surface area (Å²) in [5.74, 6) is 1.28. The minimum absolute atomic E-state index is 0.202.